The van der Waals surface area contributed by atoms with Crippen molar-refractivity contribution < 1.29 is 4.74 Å². The zero-order valence-corrected chi connectivity index (χ0v) is 17.7. The summed E-state index contributed by atoms with van der Waals surface area (Å²) >= 11 is 0. The van der Waals surface area contributed by atoms with Gasteiger partial charge in [-0.2, -0.15) is 0 Å². The number of aromatic nitrogens is 2. The van der Waals surface area contributed by atoms with E-state index in [1.807, 2.05) is 24.3 Å². The highest BCUT2D eigenvalue weighted by Gasteiger charge is 2.03. The SMILES string of the molecule is CN=C(NCCOCCC(C)C)NCCc1nc2ccccc2[nH]1.I. The third kappa shape index (κ3) is 8.04. The summed E-state index contributed by atoms with van der Waals surface area (Å²) in [5.74, 6) is 2.46. The summed E-state index contributed by atoms with van der Waals surface area (Å²) in [5, 5.41) is 6.55. The highest BCUT2D eigenvalue weighted by Crippen LogP contribution is 2.10. The standard InChI is InChI=1S/C18H29N5O.HI/c1-14(2)9-12-24-13-11-21-18(19-3)20-10-8-17-22-15-6-4-5-7-16(15)23-17;/h4-7,14H,8-13H2,1-3H3,(H,22,23)(H2,19,20,21);1H. The van der Waals surface area contributed by atoms with Crippen molar-refractivity contribution in [2.75, 3.05) is 33.4 Å². The van der Waals surface area contributed by atoms with Crippen molar-refractivity contribution in [3.63, 3.8) is 0 Å². The number of H-pyrrole nitrogens is 1. The van der Waals surface area contributed by atoms with E-state index in [1.54, 1.807) is 7.05 Å². The Bertz CT molecular complexity index is 608. The molecule has 0 aliphatic carbocycles. The van der Waals surface area contributed by atoms with E-state index < -0.39 is 0 Å². The molecule has 6 nitrogen and oxygen atoms in total. The monoisotopic (exact) mass is 459 g/mol. The Labute approximate surface area is 167 Å². The third-order valence-corrected chi connectivity index (χ3v) is 3.69. The maximum Gasteiger partial charge on any atom is 0.191 e. The molecular weight excluding hydrogens is 429 g/mol. The lowest BCUT2D eigenvalue weighted by Gasteiger charge is -2.12. The van der Waals surface area contributed by atoms with E-state index in [2.05, 4.69) is 39.4 Å². The number of fused-ring (bicyclic) bond motifs is 1. The Hall–Kier alpha value is -1.35. The number of ether oxygens (including phenoxy) is 1. The van der Waals surface area contributed by atoms with Gasteiger partial charge in [0.05, 0.1) is 17.6 Å². The molecule has 25 heavy (non-hydrogen) atoms. The first-order valence-corrected chi connectivity index (χ1v) is 8.65. The Kier molecular flexibility index (Phi) is 10.5. The molecule has 0 radical (unpaired) electrons. The van der Waals surface area contributed by atoms with Crippen LogP contribution in [0.15, 0.2) is 29.3 Å². The molecule has 1 aromatic carbocycles. The van der Waals surface area contributed by atoms with E-state index in [1.165, 1.54) is 0 Å². The summed E-state index contributed by atoms with van der Waals surface area (Å²) in [5.41, 5.74) is 2.09. The molecule has 2 rings (SSSR count). The minimum atomic E-state index is 0. The fraction of sp³-hybridized carbons (Fsp3) is 0.556. The minimum Gasteiger partial charge on any atom is -0.380 e. The fourth-order valence-electron chi connectivity index (χ4n) is 2.31. The van der Waals surface area contributed by atoms with E-state index in [9.17, 15) is 0 Å². The number of aliphatic imine (C=N–C) groups is 1. The van der Waals surface area contributed by atoms with Crippen LogP contribution in [0, 0.1) is 5.92 Å². The van der Waals surface area contributed by atoms with Crippen LogP contribution < -0.4 is 10.6 Å². The average Bonchev–Trinajstić information content (AvgIpc) is 2.98. The van der Waals surface area contributed by atoms with Crippen LogP contribution in [0.2, 0.25) is 0 Å². The Morgan fingerprint density at radius 2 is 1.96 bits per heavy atom. The molecule has 0 aliphatic heterocycles. The fourth-order valence-corrected chi connectivity index (χ4v) is 2.31. The van der Waals surface area contributed by atoms with Crippen molar-refractivity contribution in [3.8, 4) is 0 Å². The number of nitrogens with one attached hydrogen (secondary N) is 3. The summed E-state index contributed by atoms with van der Waals surface area (Å²) in [6, 6.07) is 8.07. The van der Waals surface area contributed by atoms with Crippen molar-refractivity contribution in [1.82, 2.24) is 20.6 Å². The van der Waals surface area contributed by atoms with Gasteiger partial charge < -0.3 is 20.4 Å². The first kappa shape index (κ1) is 21.7. The summed E-state index contributed by atoms with van der Waals surface area (Å²) in [6.07, 6.45) is 1.92. The van der Waals surface area contributed by atoms with Gasteiger partial charge in [-0.1, -0.05) is 26.0 Å². The maximum absolute atomic E-state index is 5.59. The molecule has 3 N–H and O–H groups in total. The van der Waals surface area contributed by atoms with E-state index >= 15 is 0 Å². The van der Waals surface area contributed by atoms with Gasteiger partial charge in [-0.25, -0.2) is 4.98 Å². The number of guanidine groups is 1. The molecule has 0 unspecified atom stereocenters. The van der Waals surface area contributed by atoms with Crippen molar-refractivity contribution in [2.24, 2.45) is 10.9 Å². The Morgan fingerprint density at radius 3 is 2.68 bits per heavy atom. The van der Waals surface area contributed by atoms with E-state index in [4.69, 9.17) is 4.74 Å². The van der Waals surface area contributed by atoms with Gasteiger partial charge in [0, 0.05) is 33.2 Å². The van der Waals surface area contributed by atoms with Crippen LogP contribution >= 0.6 is 24.0 Å². The van der Waals surface area contributed by atoms with Crippen molar-refractivity contribution in [2.45, 2.75) is 26.7 Å². The Balaban J connectivity index is 0.00000312. The number of para-hydroxylation sites is 2. The number of halogens is 1. The molecule has 2 aromatic rings. The molecule has 1 heterocycles. The van der Waals surface area contributed by atoms with Gasteiger partial charge in [-0.15, -0.1) is 24.0 Å². The molecule has 0 aliphatic rings. The number of aromatic amines is 1. The molecular formula is C18H30IN5O. The quantitative estimate of drug-likeness (QED) is 0.233. The molecule has 7 heteroatoms. The van der Waals surface area contributed by atoms with Crippen molar-refractivity contribution in [3.05, 3.63) is 30.1 Å². The average molecular weight is 459 g/mol. The molecule has 1 aromatic heterocycles. The second-order valence-electron chi connectivity index (χ2n) is 6.17. The van der Waals surface area contributed by atoms with Crippen LogP contribution in [0.4, 0.5) is 0 Å². The largest absolute Gasteiger partial charge is 0.380 e. The number of hydrogen-bond acceptors (Lipinski definition) is 3. The lowest BCUT2D eigenvalue weighted by Crippen LogP contribution is -2.39. The molecule has 0 bridgehead atoms. The molecule has 0 amide bonds. The number of rotatable bonds is 9. The normalized spacial score (nSPS) is 11.6. The lowest BCUT2D eigenvalue weighted by molar-refractivity contribution is 0.128. The predicted molar refractivity (Wildman–Crippen MR) is 115 cm³/mol. The topological polar surface area (TPSA) is 74.3 Å². The minimum absolute atomic E-state index is 0. The lowest BCUT2D eigenvalue weighted by atomic mass is 10.1. The zero-order chi connectivity index (χ0) is 17.2. The molecule has 140 valence electrons. The second kappa shape index (κ2) is 12.1. The summed E-state index contributed by atoms with van der Waals surface area (Å²) in [4.78, 5) is 12.1. The number of imidazole rings is 1. The van der Waals surface area contributed by atoms with Gasteiger partial charge in [-0.3, -0.25) is 4.99 Å². The molecule has 0 fully saturated rings. The van der Waals surface area contributed by atoms with Gasteiger partial charge >= 0.3 is 0 Å². The van der Waals surface area contributed by atoms with Crippen LogP contribution in [-0.2, 0) is 11.2 Å². The van der Waals surface area contributed by atoms with Crippen molar-refractivity contribution >= 4 is 41.0 Å². The van der Waals surface area contributed by atoms with Crippen LogP contribution in [0.5, 0.6) is 0 Å². The maximum atomic E-state index is 5.59. The predicted octanol–water partition coefficient (Wildman–Crippen LogP) is 2.95. The van der Waals surface area contributed by atoms with Crippen LogP contribution in [0.25, 0.3) is 11.0 Å². The number of hydrogen-bond donors (Lipinski definition) is 3. The smallest absolute Gasteiger partial charge is 0.191 e. The first-order valence-electron chi connectivity index (χ1n) is 8.65. The zero-order valence-electron chi connectivity index (χ0n) is 15.3. The van der Waals surface area contributed by atoms with Crippen LogP contribution in [0.3, 0.4) is 0 Å². The summed E-state index contributed by atoms with van der Waals surface area (Å²) in [6.45, 7) is 7.44. The number of nitrogens with zero attached hydrogens (tertiary/aromatic N) is 2. The van der Waals surface area contributed by atoms with Crippen LogP contribution in [0.1, 0.15) is 26.1 Å². The molecule has 0 saturated heterocycles. The first-order chi connectivity index (χ1) is 11.7. The Morgan fingerprint density at radius 1 is 1.20 bits per heavy atom. The number of benzene rings is 1. The van der Waals surface area contributed by atoms with Crippen molar-refractivity contribution in [1.29, 1.82) is 0 Å². The highest BCUT2D eigenvalue weighted by molar-refractivity contribution is 14.0. The van der Waals surface area contributed by atoms with Crippen LogP contribution in [-0.4, -0.2) is 49.3 Å². The molecule has 0 saturated carbocycles. The third-order valence-electron chi connectivity index (χ3n) is 3.69. The van der Waals surface area contributed by atoms with Gasteiger partial charge in [0.15, 0.2) is 5.96 Å². The van der Waals surface area contributed by atoms with Gasteiger partial charge in [0.2, 0.25) is 0 Å². The van der Waals surface area contributed by atoms with E-state index in [0.717, 1.165) is 55.4 Å². The van der Waals surface area contributed by atoms with Gasteiger partial charge in [0.25, 0.3) is 0 Å². The highest BCUT2D eigenvalue weighted by atomic mass is 127. The van der Waals surface area contributed by atoms with E-state index in [0.29, 0.717) is 12.5 Å². The second-order valence-corrected chi connectivity index (χ2v) is 6.17. The summed E-state index contributed by atoms with van der Waals surface area (Å²) in [7, 11) is 1.77. The molecule has 0 spiro atoms. The van der Waals surface area contributed by atoms with E-state index in [-0.39, 0.29) is 24.0 Å². The van der Waals surface area contributed by atoms with Gasteiger partial charge in [-0.05, 0) is 24.5 Å². The van der Waals surface area contributed by atoms with Gasteiger partial charge in [0.1, 0.15) is 5.82 Å². The molecule has 0 atom stereocenters. The summed E-state index contributed by atoms with van der Waals surface area (Å²) < 4.78 is 5.59.